The highest BCUT2D eigenvalue weighted by Gasteiger charge is 1.96. The Hall–Kier alpha value is -0.220. The Morgan fingerprint density at radius 3 is 2.75 bits per heavy atom. The van der Waals surface area contributed by atoms with Crippen molar-refractivity contribution < 1.29 is 4.79 Å². The first-order valence-electron chi connectivity index (χ1n) is 4.36. The van der Waals surface area contributed by atoms with Crippen molar-refractivity contribution in [2.45, 2.75) is 19.8 Å². The highest BCUT2D eigenvalue weighted by atomic mass is 32.2. The van der Waals surface area contributed by atoms with Gasteiger partial charge in [-0.05, 0) is 13.0 Å². The van der Waals surface area contributed by atoms with Gasteiger partial charge in [-0.15, -0.1) is 0 Å². The summed E-state index contributed by atoms with van der Waals surface area (Å²) in [4.78, 5) is 10.7. The van der Waals surface area contributed by atoms with E-state index in [1.807, 2.05) is 0 Å². The van der Waals surface area contributed by atoms with Gasteiger partial charge in [0.15, 0.2) is 0 Å². The lowest BCUT2D eigenvalue weighted by atomic mass is 10.3. The third-order valence-corrected chi connectivity index (χ3v) is 2.30. The van der Waals surface area contributed by atoms with E-state index in [1.165, 1.54) is 24.6 Å². The summed E-state index contributed by atoms with van der Waals surface area (Å²) in [6.45, 7) is 4.14. The van der Waals surface area contributed by atoms with E-state index in [0.29, 0.717) is 0 Å². The summed E-state index contributed by atoms with van der Waals surface area (Å²) in [7, 11) is 1.65. The average molecular weight is 190 g/mol. The van der Waals surface area contributed by atoms with Crippen LogP contribution in [-0.2, 0) is 0 Å². The summed E-state index contributed by atoms with van der Waals surface area (Å²) in [5, 5.41) is 5.88. The second-order valence-corrected chi connectivity index (χ2v) is 3.56. The van der Waals surface area contributed by atoms with Crippen LogP contribution in [0.15, 0.2) is 0 Å². The molecule has 0 heterocycles. The minimum absolute atomic E-state index is 0.0484. The molecule has 1 amide bonds. The molecule has 0 aliphatic heterocycles. The molecule has 0 bridgehead atoms. The van der Waals surface area contributed by atoms with E-state index >= 15 is 0 Å². The van der Waals surface area contributed by atoms with Crippen LogP contribution in [0.2, 0.25) is 0 Å². The molecule has 12 heavy (non-hydrogen) atoms. The lowest BCUT2D eigenvalue weighted by Crippen LogP contribution is -2.20. The van der Waals surface area contributed by atoms with Gasteiger partial charge in [-0.25, -0.2) is 0 Å². The molecule has 0 aromatic heterocycles. The van der Waals surface area contributed by atoms with Crippen LogP contribution in [0.5, 0.6) is 0 Å². The average Bonchev–Trinajstić information content (AvgIpc) is 2.10. The van der Waals surface area contributed by atoms with E-state index < -0.39 is 0 Å². The summed E-state index contributed by atoms with van der Waals surface area (Å²) in [5.41, 5.74) is 0. The van der Waals surface area contributed by atoms with E-state index in [-0.39, 0.29) is 5.24 Å². The fourth-order valence-corrected chi connectivity index (χ4v) is 1.29. The Morgan fingerprint density at radius 1 is 1.42 bits per heavy atom. The molecule has 0 rings (SSSR count). The van der Waals surface area contributed by atoms with E-state index in [2.05, 4.69) is 17.6 Å². The summed E-state index contributed by atoms with van der Waals surface area (Å²) >= 11 is 1.32. The van der Waals surface area contributed by atoms with Crippen molar-refractivity contribution in [3.63, 3.8) is 0 Å². The molecule has 0 radical (unpaired) electrons. The van der Waals surface area contributed by atoms with Gasteiger partial charge in [0.05, 0.1) is 0 Å². The zero-order chi connectivity index (χ0) is 9.23. The molecule has 0 aromatic rings. The van der Waals surface area contributed by atoms with Gasteiger partial charge in [-0.2, -0.15) is 0 Å². The summed E-state index contributed by atoms with van der Waals surface area (Å²) in [6, 6.07) is 0. The predicted octanol–water partition coefficient (Wildman–Crippen LogP) is 1.45. The highest BCUT2D eigenvalue weighted by molar-refractivity contribution is 8.13. The van der Waals surface area contributed by atoms with Crippen molar-refractivity contribution in [2.75, 3.05) is 25.9 Å². The van der Waals surface area contributed by atoms with Gasteiger partial charge in [0.2, 0.25) is 0 Å². The monoisotopic (exact) mass is 190 g/mol. The Kier molecular flexibility index (Phi) is 8.71. The minimum atomic E-state index is 0.0484. The Morgan fingerprint density at radius 2 is 2.17 bits per heavy atom. The minimum Gasteiger partial charge on any atom is -0.350 e. The fourth-order valence-electron chi connectivity index (χ4n) is 0.715. The molecule has 0 atom stereocenters. The second-order valence-electron chi connectivity index (χ2n) is 2.49. The number of carbonyl (C=O) groups excluding carboxylic acids is 1. The quantitative estimate of drug-likeness (QED) is 0.623. The van der Waals surface area contributed by atoms with Crippen LogP contribution in [0, 0.1) is 0 Å². The second kappa shape index (κ2) is 8.87. The number of rotatable bonds is 6. The maximum absolute atomic E-state index is 10.7. The number of unbranched alkanes of at least 4 members (excludes halogenated alkanes) is 1. The molecule has 2 N–H and O–H groups in total. The van der Waals surface area contributed by atoms with Crippen LogP contribution >= 0.6 is 11.8 Å². The molecule has 0 aromatic carbocycles. The summed E-state index contributed by atoms with van der Waals surface area (Å²) < 4.78 is 0. The van der Waals surface area contributed by atoms with Crippen molar-refractivity contribution in [2.24, 2.45) is 0 Å². The first-order chi connectivity index (χ1) is 5.81. The van der Waals surface area contributed by atoms with Crippen molar-refractivity contribution in [3.8, 4) is 0 Å². The molecule has 0 aliphatic carbocycles. The van der Waals surface area contributed by atoms with Crippen LogP contribution < -0.4 is 10.6 Å². The lowest BCUT2D eigenvalue weighted by molar-refractivity contribution is 0.262. The molecule has 0 saturated carbocycles. The lowest BCUT2D eigenvalue weighted by Gasteiger charge is -2.02. The van der Waals surface area contributed by atoms with Crippen LogP contribution in [0.1, 0.15) is 19.8 Å². The summed E-state index contributed by atoms with van der Waals surface area (Å²) in [6.07, 6.45) is 2.43. The Balaban J connectivity index is 2.95. The number of nitrogens with one attached hydrogen (secondary N) is 2. The van der Waals surface area contributed by atoms with Crippen LogP contribution in [0.25, 0.3) is 0 Å². The van der Waals surface area contributed by atoms with Gasteiger partial charge in [-0.1, -0.05) is 25.1 Å². The van der Waals surface area contributed by atoms with Crippen molar-refractivity contribution in [1.29, 1.82) is 0 Å². The maximum Gasteiger partial charge on any atom is 0.278 e. The van der Waals surface area contributed by atoms with E-state index in [0.717, 1.165) is 18.8 Å². The van der Waals surface area contributed by atoms with Gasteiger partial charge in [0.1, 0.15) is 0 Å². The van der Waals surface area contributed by atoms with Gasteiger partial charge >= 0.3 is 0 Å². The zero-order valence-electron chi connectivity index (χ0n) is 7.85. The molecule has 0 aliphatic rings. The van der Waals surface area contributed by atoms with Crippen molar-refractivity contribution in [1.82, 2.24) is 10.6 Å². The topological polar surface area (TPSA) is 41.1 Å². The smallest absolute Gasteiger partial charge is 0.278 e. The predicted molar refractivity (Wildman–Crippen MR) is 54.7 cm³/mol. The first kappa shape index (κ1) is 11.8. The molecule has 3 nitrogen and oxygen atoms in total. The maximum atomic E-state index is 10.7. The number of carbonyl (C=O) groups is 1. The normalized spacial score (nSPS) is 9.83. The first-order valence-corrected chi connectivity index (χ1v) is 5.35. The van der Waals surface area contributed by atoms with E-state index in [9.17, 15) is 4.79 Å². The van der Waals surface area contributed by atoms with Crippen LogP contribution in [0.3, 0.4) is 0 Å². The van der Waals surface area contributed by atoms with Gasteiger partial charge in [0, 0.05) is 19.3 Å². The van der Waals surface area contributed by atoms with Gasteiger partial charge < -0.3 is 10.6 Å². The highest BCUT2D eigenvalue weighted by Crippen LogP contribution is 1.98. The molecule has 0 saturated heterocycles. The standard InChI is InChI=1S/C8H18N2OS/c1-3-4-5-10-6-7-12-8(11)9-2/h10H,3-7H2,1-2H3,(H,9,11). The summed E-state index contributed by atoms with van der Waals surface area (Å²) in [5.74, 6) is 0.851. The molecule has 0 spiro atoms. The zero-order valence-corrected chi connectivity index (χ0v) is 8.67. The number of hydrogen-bond donors (Lipinski definition) is 2. The SMILES string of the molecule is CCCCNCCSC(=O)NC. The molecular formula is C8H18N2OS. The number of thioether (sulfide) groups is 1. The largest absolute Gasteiger partial charge is 0.350 e. The van der Waals surface area contributed by atoms with Crippen molar-refractivity contribution in [3.05, 3.63) is 0 Å². The molecule has 0 fully saturated rings. The van der Waals surface area contributed by atoms with Gasteiger partial charge in [-0.3, -0.25) is 4.79 Å². The molecule has 72 valence electrons. The molecule has 4 heteroatoms. The van der Waals surface area contributed by atoms with Gasteiger partial charge in [0.25, 0.3) is 5.24 Å². The molecule has 0 unspecified atom stereocenters. The van der Waals surface area contributed by atoms with Crippen LogP contribution in [-0.4, -0.2) is 31.1 Å². The Bertz CT molecular complexity index is 120. The number of amides is 1. The van der Waals surface area contributed by atoms with Crippen LogP contribution in [0.4, 0.5) is 4.79 Å². The Labute approximate surface area is 78.7 Å². The third-order valence-electron chi connectivity index (χ3n) is 1.42. The molecular weight excluding hydrogens is 172 g/mol. The van der Waals surface area contributed by atoms with E-state index in [1.54, 1.807) is 7.05 Å². The van der Waals surface area contributed by atoms with Crippen molar-refractivity contribution >= 4 is 17.0 Å². The number of hydrogen-bond acceptors (Lipinski definition) is 3. The fraction of sp³-hybridized carbons (Fsp3) is 0.875. The third kappa shape index (κ3) is 7.88. The van der Waals surface area contributed by atoms with E-state index in [4.69, 9.17) is 0 Å².